The number of carbonyl (C=O) groups is 2. The number of carbonyl (C=O) groups excluding carboxylic acids is 2. The van der Waals surface area contributed by atoms with Crippen molar-refractivity contribution in [2.24, 2.45) is 5.92 Å². The monoisotopic (exact) mass is 328 g/mol. The number of hydrogen-bond donors (Lipinski definition) is 0. The molecule has 24 heavy (non-hydrogen) atoms. The third-order valence-corrected chi connectivity index (χ3v) is 4.64. The van der Waals surface area contributed by atoms with Crippen molar-refractivity contribution in [3.63, 3.8) is 0 Å². The van der Waals surface area contributed by atoms with Crippen LogP contribution in [0.1, 0.15) is 18.4 Å². The summed E-state index contributed by atoms with van der Waals surface area (Å²) in [5, 5.41) is 0. The third kappa shape index (κ3) is 3.09. The normalized spacial score (nSPS) is 19.8. The zero-order chi connectivity index (χ0) is 16.5. The van der Waals surface area contributed by atoms with Crippen molar-refractivity contribution in [1.29, 1.82) is 0 Å². The van der Waals surface area contributed by atoms with Crippen LogP contribution in [-0.2, 0) is 9.59 Å². The van der Waals surface area contributed by atoms with Gasteiger partial charge in [-0.1, -0.05) is 6.07 Å². The maximum atomic E-state index is 12.3. The van der Waals surface area contributed by atoms with Gasteiger partial charge in [-0.2, -0.15) is 0 Å². The Morgan fingerprint density at radius 1 is 1.00 bits per heavy atom. The van der Waals surface area contributed by atoms with Crippen molar-refractivity contribution in [3.05, 3.63) is 29.8 Å². The van der Waals surface area contributed by atoms with Gasteiger partial charge in [0.25, 0.3) is 0 Å². The molecule has 2 amide bonds. The summed E-state index contributed by atoms with van der Waals surface area (Å²) in [7, 11) is 0. The quantitative estimate of drug-likeness (QED) is 0.789. The molecule has 0 aromatic heterocycles. The van der Waals surface area contributed by atoms with E-state index in [0.29, 0.717) is 31.9 Å². The van der Waals surface area contributed by atoms with Gasteiger partial charge in [-0.25, -0.2) is 0 Å². The second-order valence-electron chi connectivity index (χ2n) is 6.37. The van der Waals surface area contributed by atoms with E-state index in [9.17, 15) is 9.59 Å². The molecule has 126 valence electrons. The van der Waals surface area contributed by atoms with E-state index in [-0.39, 0.29) is 24.5 Å². The minimum absolute atomic E-state index is 0.0220. The predicted octanol–water partition coefficient (Wildman–Crippen LogP) is 1.51. The lowest BCUT2D eigenvalue weighted by molar-refractivity contribution is -0.138. The molecule has 2 aliphatic heterocycles. The number of piperazine rings is 1. The molecule has 6 heteroatoms. The number of fused-ring (bicyclic) bond motifs is 1. The van der Waals surface area contributed by atoms with Crippen molar-refractivity contribution in [2.45, 2.75) is 12.8 Å². The van der Waals surface area contributed by atoms with Crippen LogP contribution in [-0.4, -0.2) is 54.6 Å². The smallest absolute Gasteiger partial charge is 0.246 e. The summed E-state index contributed by atoms with van der Waals surface area (Å²) < 4.78 is 10.6. The van der Waals surface area contributed by atoms with Crippen molar-refractivity contribution in [2.75, 3.05) is 33.0 Å². The fourth-order valence-electron chi connectivity index (χ4n) is 3.03. The summed E-state index contributed by atoms with van der Waals surface area (Å²) in [5.41, 5.74) is 0.898. The zero-order valence-electron chi connectivity index (χ0n) is 13.4. The Bertz CT molecular complexity index is 688. The highest BCUT2D eigenvalue weighted by atomic mass is 16.7. The molecule has 0 spiro atoms. The van der Waals surface area contributed by atoms with Crippen LogP contribution in [0.25, 0.3) is 6.08 Å². The van der Waals surface area contributed by atoms with E-state index in [1.54, 1.807) is 17.1 Å². The van der Waals surface area contributed by atoms with E-state index >= 15 is 0 Å². The lowest BCUT2D eigenvalue weighted by Crippen LogP contribution is -2.50. The first-order valence-corrected chi connectivity index (χ1v) is 8.36. The second kappa shape index (κ2) is 6.19. The average molecular weight is 328 g/mol. The Hall–Kier alpha value is -2.50. The van der Waals surface area contributed by atoms with E-state index in [4.69, 9.17) is 9.47 Å². The molecule has 0 atom stereocenters. The van der Waals surface area contributed by atoms with Gasteiger partial charge in [0.2, 0.25) is 18.6 Å². The molecule has 4 rings (SSSR count). The molecule has 1 saturated heterocycles. The number of ether oxygens (including phenoxy) is 2. The van der Waals surface area contributed by atoms with E-state index in [1.165, 1.54) is 0 Å². The van der Waals surface area contributed by atoms with Gasteiger partial charge in [0.1, 0.15) is 0 Å². The van der Waals surface area contributed by atoms with Gasteiger partial charge < -0.3 is 19.3 Å². The van der Waals surface area contributed by atoms with Crippen LogP contribution in [0, 0.1) is 5.92 Å². The van der Waals surface area contributed by atoms with Gasteiger partial charge >= 0.3 is 0 Å². The van der Waals surface area contributed by atoms with Gasteiger partial charge in [0.15, 0.2) is 11.5 Å². The first kappa shape index (κ1) is 15.1. The molecule has 0 N–H and O–H groups in total. The number of rotatable bonds is 3. The van der Waals surface area contributed by atoms with Crippen LogP contribution in [0.4, 0.5) is 0 Å². The SMILES string of the molecule is O=C(/C=C/c1ccc2c(c1)OCO2)N1CCN(C(=O)C2CC2)CC1. The summed E-state index contributed by atoms with van der Waals surface area (Å²) >= 11 is 0. The van der Waals surface area contributed by atoms with E-state index in [0.717, 1.165) is 24.2 Å². The Balaban J connectivity index is 1.32. The number of nitrogens with zero attached hydrogens (tertiary/aromatic N) is 2. The van der Waals surface area contributed by atoms with Crippen LogP contribution in [0.3, 0.4) is 0 Å². The molecule has 1 aromatic carbocycles. The molecule has 0 unspecified atom stereocenters. The van der Waals surface area contributed by atoms with Crippen LogP contribution in [0.2, 0.25) is 0 Å². The molecule has 3 aliphatic rings. The number of benzene rings is 1. The minimum atomic E-state index is -0.0220. The maximum absolute atomic E-state index is 12.3. The van der Waals surface area contributed by atoms with Crippen molar-refractivity contribution in [1.82, 2.24) is 9.80 Å². The highest BCUT2D eigenvalue weighted by Gasteiger charge is 2.34. The van der Waals surface area contributed by atoms with Gasteiger partial charge in [-0.15, -0.1) is 0 Å². The van der Waals surface area contributed by atoms with Gasteiger partial charge in [-0.3, -0.25) is 9.59 Å². The predicted molar refractivity (Wildman–Crippen MR) is 87.5 cm³/mol. The average Bonchev–Trinajstić information content (AvgIpc) is 3.37. The van der Waals surface area contributed by atoms with Gasteiger partial charge in [0.05, 0.1) is 0 Å². The summed E-state index contributed by atoms with van der Waals surface area (Å²) in [5.74, 6) is 1.93. The van der Waals surface area contributed by atoms with Gasteiger partial charge in [-0.05, 0) is 36.6 Å². The minimum Gasteiger partial charge on any atom is -0.454 e. The van der Waals surface area contributed by atoms with Crippen LogP contribution in [0.15, 0.2) is 24.3 Å². The van der Waals surface area contributed by atoms with Crippen molar-refractivity contribution in [3.8, 4) is 11.5 Å². The Kier molecular flexibility index (Phi) is 3.88. The fourth-order valence-corrected chi connectivity index (χ4v) is 3.03. The first-order chi connectivity index (χ1) is 11.7. The standard InChI is InChI=1S/C18H20N2O4/c21-17(6-2-13-1-5-15-16(11-13)24-12-23-15)19-7-9-20(10-8-19)18(22)14-3-4-14/h1-2,5-6,11,14H,3-4,7-10,12H2/b6-2+. The number of amides is 2. The van der Waals surface area contributed by atoms with Crippen LogP contribution >= 0.6 is 0 Å². The molecule has 6 nitrogen and oxygen atoms in total. The van der Waals surface area contributed by atoms with Crippen molar-refractivity contribution >= 4 is 17.9 Å². The highest BCUT2D eigenvalue weighted by Crippen LogP contribution is 2.33. The summed E-state index contributed by atoms with van der Waals surface area (Å²) in [6.45, 7) is 2.72. The lowest BCUT2D eigenvalue weighted by atomic mass is 10.2. The second-order valence-corrected chi connectivity index (χ2v) is 6.37. The third-order valence-electron chi connectivity index (χ3n) is 4.64. The Morgan fingerprint density at radius 3 is 2.46 bits per heavy atom. The lowest BCUT2D eigenvalue weighted by Gasteiger charge is -2.34. The van der Waals surface area contributed by atoms with E-state index in [2.05, 4.69) is 0 Å². The van der Waals surface area contributed by atoms with Crippen molar-refractivity contribution < 1.29 is 19.1 Å². The first-order valence-electron chi connectivity index (χ1n) is 8.36. The summed E-state index contributed by atoms with van der Waals surface area (Å²) in [6.07, 6.45) is 5.41. The Labute approximate surface area is 140 Å². The zero-order valence-corrected chi connectivity index (χ0v) is 13.4. The highest BCUT2D eigenvalue weighted by molar-refractivity contribution is 5.92. The van der Waals surface area contributed by atoms with E-state index < -0.39 is 0 Å². The molecule has 0 radical (unpaired) electrons. The van der Waals surface area contributed by atoms with Gasteiger partial charge in [0, 0.05) is 38.2 Å². The molecule has 2 fully saturated rings. The van der Waals surface area contributed by atoms with Crippen LogP contribution in [0.5, 0.6) is 11.5 Å². The molecule has 2 heterocycles. The molecule has 1 saturated carbocycles. The van der Waals surface area contributed by atoms with E-state index in [1.807, 2.05) is 23.1 Å². The molecular formula is C18H20N2O4. The largest absolute Gasteiger partial charge is 0.454 e. The summed E-state index contributed by atoms with van der Waals surface area (Å²) in [6, 6.07) is 5.59. The summed E-state index contributed by atoms with van der Waals surface area (Å²) in [4.78, 5) is 28.0. The van der Waals surface area contributed by atoms with Crippen LogP contribution < -0.4 is 9.47 Å². The fraction of sp³-hybridized carbons (Fsp3) is 0.444. The Morgan fingerprint density at radius 2 is 1.71 bits per heavy atom. The molecule has 0 bridgehead atoms. The number of hydrogen-bond acceptors (Lipinski definition) is 4. The molecular weight excluding hydrogens is 308 g/mol. The topological polar surface area (TPSA) is 59.1 Å². The maximum Gasteiger partial charge on any atom is 0.246 e. The molecule has 1 aromatic rings. The molecule has 1 aliphatic carbocycles.